The summed E-state index contributed by atoms with van der Waals surface area (Å²) in [6.07, 6.45) is 0.889. The lowest BCUT2D eigenvalue weighted by atomic mass is 10.1. The normalized spacial score (nSPS) is 10.5. The predicted molar refractivity (Wildman–Crippen MR) is 144 cm³/mol. The number of para-hydroxylation sites is 2. The van der Waals surface area contributed by atoms with Crippen molar-refractivity contribution < 1.29 is 14.3 Å². The van der Waals surface area contributed by atoms with Gasteiger partial charge in [0.05, 0.1) is 23.4 Å². The van der Waals surface area contributed by atoms with Gasteiger partial charge in [0.2, 0.25) is 0 Å². The number of benzene rings is 3. The van der Waals surface area contributed by atoms with Gasteiger partial charge in [0.25, 0.3) is 11.8 Å². The van der Waals surface area contributed by atoms with Crippen LogP contribution in [0.1, 0.15) is 46.5 Å². The maximum atomic E-state index is 13.0. The standard InChI is InChI=1S/C28H31N3O3S/c1-20(2)17-18-34-25-16-10-8-14-23(25)27(33)30-28(35)31(3)24-15-9-7-13-22(24)26(32)29-19-21-11-5-4-6-12-21/h4-16,20H,17-19H2,1-3H3,(H,29,32)(H,30,33,35). The van der Waals surface area contributed by atoms with E-state index in [1.807, 2.05) is 42.5 Å². The Kier molecular flexibility index (Phi) is 9.38. The molecule has 0 saturated carbocycles. The number of amides is 2. The van der Waals surface area contributed by atoms with Crippen molar-refractivity contribution in [2.75, 3.05) is 18.6 Å². The molecule has 2 amide bonds. The summed E-state index contributed by atoms with van der Waals surface area (Å²) < 4.78 is 5.84. The van der Waals surface area contributed by atoms with Crippen LogP contribution in [0, 0.1) is 5.92 Å². The molecule has 0 aliphatic carbocycles. The van der Waals surface area contributed by atoms with E-state index in [-0.39, 0.29) is 16.9 Å². The first-order chi connectivity index (χ1) is 16.9. The van der Waals surface area contributed by atoms with E-state index in [9.17, 15) is 9.59 Å². The van der Waals surface area contributed by atoms with Crippen molar-refractivity contribution in [2.45, 2.75) is 26.8 Å². The molecule has 0 spiro atoms. The average Bonchev–Trinajstić information content (AvgIpc) is 2.87. The Morgan fingerprint density at radius 1 is 0.886 bits per heavy atom. The molecular formula is C28H31N3O3S. The number of rotatable bonds is 9. The third-order valence-electron chi connectivity index (χ3n) is 5.42. The molecule has 0 aliphatic heterocycles. The third kappa shape index (κ3) is 7.39. The number of nitrogens with zero attached hydrogens (tertiary/aromatic N) is 1. The van der Waals surface area contributed by atoms with Gasteiger partial charge in [0, 0.05) is 13.6 Å². The highest BCUT2D eigenvalue weighted by molar-refractivity contribution is 7.80. The van der Waals surface area contributed by atoms with Gasteiger partial charge in [-0.15, -0.1) is 0 Å². The van der Waals surface area contributed by atoms with Crippen molar-refractivity contribution in [1.82, 2.24) is 10.6 Å². The second-order valence-electron chi connectivity index (χ2n) is 8.53. The maximum Gasteiger partial charge on any atom is 0.261 e. The summed E-state index contributed by atoms with van der Waals surface area (Å²) in [5.41, 5.74) is 2.45. The molecule has 0 fully saturated rings. The number of hydrogen-bond acceptors (Lipinski definition) is 4. The van der Waals surface area contributed by atoms with Crippen molar-refractivity contribution in [3.05, 3.63) is 95.6 Å². The van der Waals surface area contributed by atoms with E-state index in [1.54, 1.807) is 48.3 Å². The fourth-order valence-electron chi connectivity index (χ4n) is 3.37. The molecule has 3 aromatic carbocycles. The molecule has 35 heavy (non-hydrogen) atoms. The number of carbonyl (C=O) groups is 2. The van der Waals surface area contributed by atoms with Crippen LogP contribution in [0.3, 0.4) is 0 Å². The zero-order valence-electron chi connectivity index (χ0n) is 20.3. The molecule has 6 nitrogen and oxygen atoms in total. The largest absolute Gasteiger partial charge is 0.493 e. The third-order valence-corrected chi connectivity index (χ3v) is 5.79. The zero-order valence-corrected chi connectivity index (χ0v) is 21.1. The molecule has 0 saturated heterocycles. The number of ether oxygens (including phenoxy) is 1. The lowest BCUT2D eigenvalue weighted by Crippen LogP contribution is -2.41. The second kappa shape index (κ2) is 12.7. The van der Waals surface area contributed by atoms with E-state index >= 15 is 0 Å². The van der Waals surface area contributed by atoms with Crippen LogP contribution in [0.25, 0.3) is 0 Å². The van der Waals surface area contributed by atoms with Crippen LogP contribution in [-0.4, -0.2) is 30.6 Å². The van der Waals surface area contributed by atoms with Gasteiger partial charge in [0.15, 0.2) is 5.11 Å². The Balaban J connectivity index is 1.68. The molecule has 0 unspecified atom stereocenters. The number of anilines is 1. The Hall–Kier alpha value is -3.71. The molecule has 0 aromatic heterocycles. The molecule has 0 heterocycles. The molecule has 182 valence electrons. The minimum Gasteiger partial charge on any atom is -0.493 e. The van der Waals surface area contributed by atoms with Crippen LogP contribution < -0.4 is 20.3 Å². The van der Waals surface area contributed by atoms with Crippen LogP contribution >= 0.6 is 12.2 Å². The fraction of sp³-hybridized carbons (Fsp3) is 0.250. The number of carbonyl (C=O) groups excluding carboxylic acids is 2. The highest BCUT2D eigenvalue weighted by Crippen LogP contribution is 2.21. The summed E-state index contributed by atoms with van der Waals surface area (Å²) in [5, 5.41) is 5.88. The van der Waals surface area contributed by atoms with E-state index in [2.05, 4.69) is 24.5 Å². The quantitative estimate of drug-likeness (QED) is 0.405. The lowest BCUT2D eigenvalue weighted by Gasteiger charge is -2.23. The molecular weight excluding hydrogens is 458 g/mol. The second-order valence-corrected chi connectivity index (χ2v) is 8.92. The van der Waals surface area contributed by atoms with Crippen LogP contribution in [-0.2, 0) is 6.54 Å². The highest BCUT2D eigenvalue weighted by Gasteiger charge is 2.20. The molecule has 0 bridgehead atoms. The molecule has 2 N–H and O–H groups in total. The molecule has 0 radical (unpaired) electrons. The van der Waals surface area contributed by atoms with Gasteiger partial charge in [-0.05, 0) is 54.4 Å². The monoisotopic (exact) mass is 489 g/mol. The fourth-order valence-corrected chi connectivity index (χ4v) is 3.56. The molecule has 0 aliphatic rings. The lowest BCUT2D eigenvalue weighted by molar-refractivity contribution is 0.0949. The van der Waals surface area contributed by atoms with Gasteiger partial charge in [-0.25, -0.2) is 0 Å². The number of nitrogens with one attached hydrogen (secondary N) is 2. The van der Waals surface area contributed by atoms with Gasteiger partial charge < -0.3 is 15.0 Å². The van der Waals surface area contributed by atoms with E-state index in [1.165, 1.54) is 0 Å². The first kappa shape index (κ1) is 25.9. The Morgan fingerprint density at radius 2 is 1.51 bits per heavy atom. The van der Waals surface area contributed by atoms with Crippen molar-refractivity contribution in [2.24, 2.45) is 5.92 Å². The summed E-state index contributed by atoms with van der Waals surface area (Å²) in [5.74, 6) is 0.418. The number of thiocarbonyl (C=S) groups is 1. The minimum atomic E-state index is -0.368. The molecule has 3 aromatic rings. The maximum absolute atomic E-state index is 13.0. The summed E-state index contributed by atoms with van der Waals surface area (Å²) >= 11 is 5.51. The minimum absolute atomic E-state index is 0.176. The van der Waals surface area contributed by atoms with E-state index in [0.717, 1.165) is 12.0 Å². The average molecular weight is 490 g/mol. The Labute approximate surface area is 212 Å². The first-order valence-electron chi connectivity index (χ1n) is 11.6. The van der Waals surface area contributed by atoms with E-state index in [4.69, 9.17) is 17.0 Å². The summed E-state index contributed by atoms with van der Waals surface area (Å²) in [6.45, 7) is 5.18. The van der Waals surface area contributed by atoms with Gasteiger partial charge in [-0.2, -0.15) is 0 Å². The van der Waals surface area contributed by atoms with Gasteiger partial charge in [-0.1, -0.05) is 68.4 Å². The van der Waals surface area contributed by atoms with Crippen molar-refractivity contribution >= 4 is 34.8 Å². The van der Waals surface area contributed by atoms with Crippen molar-refractivity contribution in [3.8, 4) is 5.75 Å². The predicted octanol–water partition coefficient (Wildman–Crippen LogP) is 5.19. The van der Waals surface area contributed by atoms with Crippen LogP contribution in [0.5, 0.6) is 5.75 Å². The SMILES string of the molecule is CC(C)CCOc1ccccc1C(=O)NC(=S)N(C)c1ccccc1C(=O)NCc1ccccc1. The van der Waals surface area contributed by atoms with Crippen molar-refractivity contribution in [3.63, 3.8) is 0 Å². The van der Waals surface area contributed by atoms with Crippen LogP contribution in [0.4, 0.5) is 5.69 Å². The molecule has 3 rings (SSSR count). The topological polar surface area (TPSA) is 70.7 Å². The molecule has 0 atom stereocenters. The van der Waals surface area contributed by atoms with Gasteiger partial charge >= 0.3 is 0 Å². The smallest absolute Gasteiger partial charge is 0.261 e. The van der Waals surface area contributed by atoms with E-state index in [0.29, 0.717) is 41.6 Å². The number of hydrogen-bond donors (Lipinski definition) is 2. The van der Waals surface area contributed by atoms with Crippen LogP contribution in [0.2, 0.25) is 0 Å². The summed E-state index contributed by atoms with van der Waals surface area (Å²) in [7, 11) is 1.72. The summed E-state index contributed by atoms with van der Waals surface area (Å²) in [6, 6.07) is 23.9. The Bertz CT molecular complexity index is 1160. The van der Waals surface area contributed by atoms with Gasteiger partial charge in [0.1, 0.15) is 5.75 Å². The van der Waals surface area contributed by atoms with E-state index < -0.39 is 0 Å². The zero-order chi connectivity index (χ0) is 25.2. The summed E-state index contributed by atoms with van der Waals surface area (Å²) in [4.78, 5) is 27.5. The Morgan fingerprint density at radius 3 is 2.23 bits per heavy atom. The molecule has 7 heteroatoms. The highest BCUT2D eigenvalue weighted by atomic mass is 32.1. The van der Waals surface area contributed by atoms with Crippen molar-refractivity contribution in [1.29, 1.82) is 0 Å². The van der Waals surface area contributed by atoms with Gasteiger partial charge in [-0.3, -0.25) is 14.9 Å². The first-order valence-corrected chi connectivity index (χ1v) is 12.0. The van der Waals surface area contributed by atoms with Crippen LogP contribution in [0.15, 0.2) is 78.9 Å².